The zero-order valence-electron chi connectivity index (χ0n) is 10.4. The van der Waals surface area contributed by atoms with Gasteiger partial charge in [0.25, 0.3) is 5.91 Å². The number of nitrogens with one attached hydrogen (secondary N) is 2. The Labute approximate surface area is 119 Å². The summed E-state index contributed by atoms with van der Waals surface area (Å²) in [4.78, 5) is 11.9. The van der Waals surface area contributed by atoms with Crippen LogP contribution in [-0.4, -0.2) is 22.2 Å². The van der Waals surface area contributed by atoms with Crippen molar-refractivity contribution in [3.05, 3.63) is 46.7 Å². The van der Waals surface area contributed by atoms with Crippen LogP contribution in [0.15, 0.2) is 41.0 Å². The molecule has 1 amide bonds. The highest BCUT2D eigenvalue weighted by molar-refractivity contribution is 9.10. The van der Waals surface area contributed by atoms with Crippen LogP contribution < -0.4 is 10.1 Å². The van der Waals surface area contributed by atoms with Gasteiger partial charge in [0.15, 0.2) is 6.10 Å². The van der Waals surface area contributed by atoms with Crippen LogP contribution in [0.5, 0.6) is 5.75 Å². The Morgan fingerprint density at radius 1 is 1.47 bits per heavy atom. The molecule has 5 nitrogen and oxygen atoms in total. The average molecular weight is 324 g/mol. The van der Waals surface area contributed by atoms with Gasteiger partial charge in [-0.15, -0.1) is 0 Å². The Morgan fingerprint density at radius 2 is 2.26 bits per heavy atom. The number of carbonyl (C=O) groups is 1. The predicted molar refractivity (Wildman–Crippen MR) is 74.7 cm³/mol. The third-order valence-corrected chi connectivity index (χ3v) is 3.18. The first kappa shape index (κ1) is 13.6. The second-order valence-corrected chi connectivity index (χ2v) is 4.84. The normalized spacial score (nSPS) is 11.9. The van der Waals surface area contributed by atoms with Crippen LogP contribution in [0.2, 0.25) is 0 Å². The number of hydrogen-bond acceptors (Lipinski definition) is 3. The van der Waals surface area contributed by atoms with Gasteiger partial charge in [-0.2, -0.15) is 5.10 Å². The molecule has 1 aromatic carbocycles. The van der Waals surface area contributed by atoms with E-state index >= 15 is 0 Å². The molecule has 0 saturated carbocycles. The topological polar surface area (TPSA) is 67.0 Å². The summed E-state index contributed by atoms with van der Waals surface area (Å²) in [5, 5.41) is 9.36. The van der Waals surface area contributed by atoms with Crippen molar-refractivity contribution in [2.75, 3.05) is 0 Å². The lowest BCUT2D eigenvalue weighted by molar-refractivity contribution is -0.127. The van der Waals surface area contributed by atoms with E-state index in [9.17, 15) is 4.79 Å². The lowest BCUT2D eigenvalue weighted by Crippen LogP contribution is -2.36. The predicted octanol–water partition coefficient (Wildman–Crippen LogP) is 2.26. The molecule has 100 valence electrons. The van der Waals surface area contributed by atoms with Crippen LogP contribution in [0.4, 0.5) is 0 Å². The minimum Gasteiger partial charge on any atom is -0.480 e. The number of nitrogens with zero attached hydrogens (tertiary/aromatic N) is 1. The number of halogens is 1. The number of H-pyrrole nitrogens is 1. The summed E-state index contributed by atoms with van der Waals surface area (Å²) in [6.07, 6.45) is 1.07. The summed E-state index contributed by atoms with van der Waals surface area (Å²) in [5.41, 5.74) is 0.849. The number of para-hydroxylation sites is 1. The molecule has 19 heavy (non-hydrogen) atoms. The lowest BCUT2D eigenvalue weighted by atomic mass is 10.3. The van der Waals surface area contributed by atoms with Gasteiger partial charge in [0.05, 0.1) is 16.7 Å². The van der Waals surface area contributed by atoms with E-state index in [1.54, 1.807) is 19.2 Å². The number of benzene rings is 1. The van der Waals surface area contributed by atoms with Crippen molar-refractivity contribution in [1.29, 1.82) is 0 Å². The Morgan fingerprint density at radius 3 is 2.95 bits per heavy atom. The second-order valence-electron chi connectivity index (χ2n) is 3.99. The van der Waals surface area contributed by atoms with Gasteiger partial charge in [-0.05, 0) is 41.1 Å². The standard InChI is InChI=1S/C13H14BrN3O2/c1-9(19-12-5-3-2-4-11(12)14)13(18)15-8-10-6-7-16-17-10/h2-7,9H,8H2,1H3,(H,15,18)(H,16,17)/t9-/m1/s1. The summed E-state index contributed by atoms with van der Waals surface area (Å²) in [5.74, 6) is 0.469. The molecule has 6 heteroatoms. The molecule has 1 atom stereocenters. The highest BCUT2D eigenvalue weighted by atomic mass is 79.9. The Kier molecular flexibility index (Phi) is 4.57. The van der Waals surface area contributed by atoms with E-state index in [1.165, 1.54) is 0 Å². The van der Waals surface area contributed by atoms with Gasteiger partial charge in [-0.1, -0.05) is 12.1 Å². The minimum absolute atomic E-state index is 0.176. The van der Waals surface area contributed by atoms with Crippen molar-refractivity contribution >= 4 is 21.8 Å². The fourth-order valence-corrected chi connectivity index (χ4v) is 1.87. The molecule has 0 spiro atoms. The van der Waals surface area contributed by atoms with Gasteiger partial charge in [-0.25, -0.2) is 0 Å². The fraction of sp³-hybridized carbons (Fsp3) is 0.231. The van der Waals surface area contributed by atoms with E-state index in [-0.39, 0.29) is 5.91 Å². The van der Waals surface area contributed by atoms with E-state index in [2.05, 4.69) is 31.4 Å². The Bertz CT molecular complexity index is 543. The molecular formula is C13H14BrN3O2. The molecular weight excluding hydrogens is 310 g/mol. The van der Waals surface area contributed by atoms with Gasteiger partial charge in [-0.3, -0.25) is 9.89 Å². The maximum absolute atomic E-state index is 11.9. The third-order valence-electron chi connectivity index (χ3n) is 2.52. The maximum Gasteiger partial charge on any atom is 0.261 e. The molecule has 1 heterocycles. The van der Waals surface area contributed by atoms with Crippen molar-refractivity contribution in [1.82, 2.24) is 15.5 Å². The number of rotatable bonds is 5. The maximum atomic E-state index is 11.9. The molecule has 0 unspecified atom stereocenters. The highest BCUT2D eigenvalue weighted by Gasteiger charge is 2.15. The number of ether oxygens (including phenoxy) is 1. The van der Waals surface area contributed by atoms with E-state index in [0.29, 0.717) is 12.3 Å². The molecule has 0 saturated heterocycles. The van der Waals surface area contributed by atoms with Crippen molar-refractivity contribution in [3.8, 4) is 5.75 Å². The van der Waals surface area contributed by atoms with Crippen LogP contribution in [0.1, 0.15) is 12.6 Å². The highest BCUT2D eigenvalue weighted by Crippen LogP contribution is 2.24. The molecule has 0 bridgehead atoms. The number of aromatic amines is 1. The fourth-order valence-electron chi connectivity index (χ4n) is 1.49. The van der Waals surface area contributed by atoms with Gasteiger partial charge in [0.2, 0.25) is 0 Å². The summed E-state index contributed by atoms with van der Waals surface area (Å²) in [6, 6.07) is 9.22. The second kappa shape index (κ2) is 6.38. The lowest BCUT2D eigenvalue weighted by Gasteiger charge is -2.15. The van der Waals surface area contributed by atoms with E-state index in [4.69, 9.17) is 4.74 Å². The van der Waals surface area contributed by atoms with Crippen LogP contribution >= 0.6 is 15.9 Å². The molecule has 2 aromatic rings. The molecule has 0 radical (unpaired) electrons. The van der Waals surface area contributed by atoms with Crippen LogP contribution in [0, 0.1) is 0 Å². The zero-order valence-corrected chi connectivity index (χ0v) is 12.0. The first-order valence-electron chi connectivity index (χ1n) is 5.84. The zero-order chi connectivity index (χ0) is 13.7. The number of carbonyl (C=O) groups excluding carboxylic acids is 1. The van der Waals surface area contributed by atoms with Crippen LogP contribution in [0.3, 0.4) is 0 Å². The first-order chi connectivity index (χ1) is 9.16. The minimum atomic E-state index is -0.568. The van der Waals surface area contributed by atoms with E-state index < -0.39 is 6.10 Å². The monoisotopic (exact) mass is 323 g/mol. The van der Waals surface area contributed by atoms with Gasteiger partial charge in [0, 0.05) is 6.20 Å². The number of aromatic nitrogens is 2. The van der Waals surface area contributed by atoms with E-state index in [0.717, 1.165) is 10.2 Å². The van der Waals surface area contributed by atoms with Crippen molar-refractivity contribution in [2.24, 2.45) is 0 Å². The van der Waals surface area contributed by atoms with Crippen molar-refractivity contribution in [2.45, 2.75) is 19.6 Å². The van der Waals surface area contributed by atoms with E-state index in [1.807, 2.05) is 24.3 Å². The molecule has 0 aliphatic rings. The molecule has 2 rings (SSSR count). The summed E-state index contributed by atoms with van der Waals surface area (Å²) >= 11 is 3.37. The average Bonchev–Trinajstić information content (AvgIpc) is 2.91. The molecule has 1 aromatic heterocycles. The summed E-state index contributed by atoms with van der Waals surface area (Å²) in [6.45, 7) is 2.12. The number of amides is 1. The van der Waals surface area contributed by atoms with Crippen molar-refractivity contribution in [3.63, 3.8) is 0 Å². The summed E-state index contributed by atoms with van der Waals surface area (Å²) in [7, 11) is 0. The van der Waals surface area contributed by atoms with Gasteiger partial charge >= 0.3 is 0 Å². The molecule has 0 fully saturated rings. The van der Waals surface area contributed by atoms with Crippen LogP contribution in [-0.2, 0) is 11.3 Å². The Balaban J connectivity index is 1.87. The molecule has 0 aliphatic heterocycles. The smallest absolute Gasteiger partial charge is 0.261 e. The van der Waals surface area contributed by atoms with Crippen LogP contribution in [0.25, 0.3) is 0 Å². The third kappa shape index (κ3) is 3.82. The first-order valence-corrected chi connectivity index (χ1v) is 6.63. The largest absolute Gasteiger partial charge is 0.480 e. The summed E-state index contributed by atoms with van der Waals surface area (Å²) < 4.78 is 6.41. The molecule has 2 N–H and O–H groups in total. The molecule has 0 aliphatic carbocycles. The van der Waals surface area contributed by atoms with Gasteiger partial charge < -0.3 is 10.1 Å². The SMILES string of the molecule is C[C@@H](Oc1ccccc1Br)C(=O)NCc1ccn[nH]1. The number of hydrogen-bond donors (Lipinski definition) is 2. The van der Waals surface area contributed by atoms with Crippen molar-refractivity contribution < 1.29 is 9.53 Å². The quantitative estimate of drug-likeness (QED) is 0.886. The van der Waals surface area contributed by atoms with Gasteiger partial charge in [0.1, 0.15) is 5.75 Å². The Hall–Kier alpha value is -1.82.